The Labute approximate surface area is 144 Å². The van der Waals surface area contributed by atoms with E-state index in [1.807, 2.05) is 60.9 Å². The lowest BCUT2D eigenvalue weighted by atomic mass is 10.1. The number of ether oxygens (including phenoxy) is 1. The van der Waals surface area contributed by atoms with E-state index >= 15 is 0 Å². The zero-order valence-corrected chi connectivity index (χ0v) is 14.2. The monoisotopic (exact) mass is 336 g/mol. The molecule has 0 N–H and O–H groups in total. The number of rotatable bonds is 5. The molecule has 0 saturated heterocycles. The van der Waals surface area contributed by atoms with Gasteiger partial charge in [-0.05, 0) is 30.5 Å². The summed E-state index contributed by atoms with van der Waals surface area (Å²) in [6, 6.07) is 17.2. The van der Waals surface area contributed by atoms with Gasteiger partial charge in [0.25, 0.3) is 0 Å². The maximum atomic E-state index is 11.6. The van der Waals surface area contributed by atoms with Crippen LogP contribution in [0.2, 0.25) is 0 Å². The molecular weight excluding hydrogens is 320 g/mol. The van der Waals surface area contributed by atoms with Crippen molar-refractivity contribution < 1.29 is 9.53 Å². The number of carbonyl (C=O) groups excluding carboxylic acids is 1. The molecule has 0 fully saturated rings. The molecule has 0 saturated carbocycles. The normalized spacial score (nSPS) is 10.4. The van der Waals surface area contributed by atoms with Crippen molar-refractivity contribution in [2.24, 2.45) is 0 Å². The van der Waals surface area contributed by atoms with Crippen LogP contribution in [0.15, 0.2) is 59.6 Å². The second-order valence-electron chi connectivity index (χ2n) is 5.03. The van der Waals surface area contributed by atoms with Crippen molar-refractivity contribution >= 4 is 18.0 Å². The number of hydrogen-bond acceptors (Lipinski definition) is 5. The molecule has 5 heteroatoms. The van der Waals surface area contributed by atoms with Gasteiger partial charge in [-0.25, -0.2) is 9.97 Å². The summed E-state index contributed by atoms with van der Waals surface area (Å²) in [5.74, 6) is 1.37. The Morgan fingerprint density at radius 3 is 2.25 bits per heavy atom. The van der Waals surface area contributed by atoms with Gasteiger partial charge in [0.05, 0.1) is 18.4 Å². The van der Waals surface area contributed by atoms with E-state index in [4.69, 9.17) is 4.74 Å². The van der Waals surface area contributed by atoms with E-state index in [1.54, 1.807) is 7.11 Å². The Balaban J connectivity index is 2.20. The van der Waals surface area contributed by atoms with Gasteiger partial charge in [-0.3, -0.25) is 4.79 Å². The highest BCUT2D eigenvalue weighted by molar-refractivity contribution is 7.98. The van der Waals surface area contributed by atoms with Crippen LogP contribution < -0.4 is 4.74 Å². The zero-order valence-electron chi connectivity index (χ0n) is 13.4. The Morgan fingerprint density at radius 1 is 0.958 bits per heavy atom. The second kappa shape index (κ2) is 7.27. The smallest absolute Gasteiger partial charge is 0.161 e. The molecule has 1 heterocycles. The largest absolute Gasteiger partial charge is 0.497 e. The van der Waals surface area contributed by atoms with Crippen LogP contribution in [0.1, 0.15) is 10.4 Å². The molecule has 3 rings (SSSR count). The number of hydrogen-bond donors (Lipinski definition) is 0. The first-order valence-electron chi connectivity index (χ1n) is 7.38. The molecule has 0 aliphatic carbocycles. The van der Waals surface area contributed by atoms with Gasteiger partial charge in [-0.1, -0.05) is 30.3 Å². The Hall–Kier alpha value is -2.66. The highest BCUT2D eigenvalue weighted by Gasteiger charge is 2.16. The predicted octanol–water partition coefficient (Wildman–Crippen LogP) is 4.35. The van der Waals surface area contributed by atoms with Crippen LogP contribution in [-0.2, 0) is 0 Å². The second-order valence-corrected chi connectivity index (χ2v) is 5.83. The average Bonchev–Trinajstić information content (AvgIpc) is 2.67. The van der Waals surface area contributed by atoms with Gasteiger partial charge in [0.1, 0.15) is 10.8 Å². The highest BCUT2D eigenvalue weighted by Crippen LogP contribution is 2.30. The molecular formula is C19H16N2O2S. The standard InChI is InChI=1S/C19H16N2O2S/c1-23-15-10-8-13(9-11-15)17-16(12-22)19(24-2)21-18(20-17)14-6-4-3-5-7-14/h3-12H,1-2H3. The first-order chi connectivity index (χ1) is 11.8. The lowest BCUT2D eigenvalue weighted by Crippen LogP contribution is -2.01. The predicted molar refractivity (Wildman–Crippen MR) is 96.6 cm³/mol. The minimum atomic E-state index is 0.507. The SMILES string of the molecule is COc1ccc(-c2nc(-c3ccccc3)nc(SC)c2C=O)cc1. The first kappa shape index (κ1) is 16.2. The zero-order chi connectivity index (χ0) is 16.9. The topological polar surface area (TPSA) is 52.1 Å². The van der Waals surface area contributed by atoms with E-state index in [0.717, 1.165) is 23.2 Å². The van der Waals surface area contributed by atoms with E-state index in [-0.39, 0.29) is 0 Å². The molecule has 24 heavy (non-hydrogen) atoms. The van der Waals surface area contributed by atoms with Crippen LogP contribution in [0.4, 0.5) is 0 Å². The van der Waals surface area contributed by atoms with Crippen LogP contribution >= 0.6 is 11.8 Å². The number of aldehydes is 1. The summed E-state index contributed by atoms with van der Waals surface area (Å²) in [6.07, 6.45) is 2.72. The maximum Gasteiger partial charge on any atom is 0.161 e. The molecule has 0 aliphatic rings. The summed E-state index contributed by atoms with van der Waals surface area (Å²) < 4.78 is 5.19. The number of methoxy groups -OCH3 is 1. The third kappa shape index (κ3) is 3.16. The summed E-state index contributed by atoms with van der Waals surface area (Å²) in [5, 5.41) is 0.671. The van der Waals surface area contributed by atoms with E-state index in [9.17, 15) is 4.79 Å². The van der Waals surface area contributed by atoms with Gasteiger partial charge in [0.15, 0.2) is 12.1 Å². The summed E-state index contributed by atoms with van der Waals surface area (Å²) in [6.45, 7) is 0. The molecule has 3 aromatic rings. The van der Waals surface area contributed by atoms with Crippen molar-refractivity contribution in [1.29, 1.82) is 0 Å². The molecule has 0 unspecified atom stereocenters. The fourth-order valence-electron chi connectivity index (χ4n) is 2.40. The third-order valence-corrected chi connectivity index (χ3v) is 4.32. The fourth-order valence-corrected chi connectivity index (χ4v) is 2.94. The molecule has 0 amide bonds. The third-order valence-electron chi connectivity index (χ3n) is 3.62. The minimum absolute atomic E-state index is 0.507. The molecule has 4 nitrogen and oxygen atoms in total. The van der Waals surface area contributed by atoms with Gasteiger partial charge in [-0.2, -0.15) is 0 Å². The van der Waals surface area contributed by atoms with Gasteiger partial charge in [0, 0.05) is 11.1 Å². The van der Waals surface area contributed by atoms with E-state index in [2.05, 4.69) is 9.97 Å². The van der Waals surface area contributed by atoms with Crippen LogP contribution in [-0.4, -0.2) is 29.6 Å². The van der Waals surface area contributed by atoms with Crippen molar-refractivity contribution in [2.75, 3.05) is 13.4 Å². The molecule has 0 radical (unpaired) electrons. The minimum Gasteiger partial charge on any atom is -0.497 e. The van der Waals surface area contributed by atoms with Gasteiger partial charge >= 0.3 is 0 Å². The van der Waals surface area contributed by atoms with Crippen molar-refractivity contribution in [3.63, 3.8) is 0 Å². The van der Waals surface area contributed by atoms with Gasteiger partial charge in [0.2, 0.25) is 0 Å². The summed E-state index contributed by atoms with van der Waals surface area (Å²) in [5.41, 5.74) is 2.91. The number of thioether (sulfide) groups is 1. The molecule has 0 aliphatic heterocycles. The lowest BCUT2D eigenvalue weighted by Gasteiger charge is -2.11. The van der Waals surface area contributed by atoms with Crippen LogP contribution in [0, 0.1) is 0 Å². The van der Waals surface area contributed by atoms with Crippen molar-refractivity contribution in [2.45, 2.75) is 5.03 Å². The number of carbonyl (C=O) groups is 1. The van der Waals surface area contributed by atoms with Gasteiger partial charge < -0.3 is 4.74 Å². The maximum absolute atomic E-state index is 11.6. The Morgan fingerprint density at radius 2 is 1.67 bits per heavy atom. The van der Waals surface area contributed by atoms with Crippen LogP contribution in [0.3, 0.4) is 0 Å². The number of benzene rings is 2. The fraction of sp³-hybridized carbons (Fsp3) is 0.105. The molecule has 1 aromatic heterocycles. The Kier molecular flexibility index (Phi) is 4.91. The summed E-state index contributed by atoms with van der Waals surface area (Å²) >= 11 is 1.44. The van der Waals surface area contributed by atoms with E-state index in [1.165, 1.54) is 11.8 Å². The average molecular weight is 336 g/mol. The van der Waals surface area contributed by atoms with Crippen molar-refractivity contribution in [3.05, 3.63) is 60.2 Å². The molecule has 120 valence electrons. The van der Waals surface area contributed by atoms with Crippen molar-refractivity contribution in [3.8, 4) is 28.4 Å². The first-order valence-corrected chi connectivity index (χ1v) is 8.60. The van der Waals surface area contributed by atoms with E-state index < -0.39 is 0 Å². The lowest BCUT2D eigenvalue weighted by molar-refractivity contribution is 0.112. The number of nitrogens with zero attached hydrogens (tertiary/aromatic N) is 2. The molecule has 2 aromatic carbocycles. The Bertz CT molecular complexity index is 849. The molecule has 0 bridgehead atoms. The number of aromatic nitrogens is 2. The molecule has 0 atom stereocenters. The summed E-state index contributed by atoms with van der Waals surface area (Å²) in [4.78, 5) is 20.8. The quantitative estimate of drug-likeness (QED) is 0.394. The van der Waals surface area contributed by atoms with E-state index in [0.29, 0.717) is 22.1 Å². The van der Waals surface area contributed by atoms with Crippen molar-refractivity contribution in [1.82, 2.24) is 9.97 Å². The summed E-state index contributed by atoms with van der Waals surface area (Å²) in [7, 11) is 1.62. The van der Waals surface area contributed by atoms with Gasteiger partial charge in [-0.15, -0.1) is 11.8 Å². The van der Waals surface area contributed by atoms with Crippen LogP contribution in [0.5, 0.6) is 5.75 Å². The van der Waals surface area contributed by atoms with Crippen LogP contribution in [0.25, 0.3) is 22.6 Å². The molecule has 0 spiro atoms. The highest BCUT2D eigenvalue weighted by atomic mass is 32.2.